The Morgan fingerprint density at radius 1 is 1.23 bits per heavy atom. The molecule has 0 N–H and O–H groups in total. The zero-order valence-corrected chi connectivity index (χ0v) is 17.1. The molecule has 2 fully saturated rings. The third-order valence-corrected chi connectivity index (χ3v) is 5.99. The number of halogens is 3. The number of amides is 1. The first kappa shape index (κ1) is 20.7. The van der Waals surface area contributed by atoms with Gasteiger partial charge >= 0.3 is 6.18 Å². The molecule has 8 nitrogen and oxygen atoms in total. The standard InChI is InChI=1S/C19H26F3N7O/c1-13-10-28(11-15(13)19(20,21)22)18-24-23-16(12-27-7-3-4-17(27)30)29(18)9-6-14-5-8-26(2)25-14/h5,8,13,15H,3-4,6-7,9-12H2,1-2H3/t13-,15-/m1/s1. The SMILES string of the molecule is C[C@@H]1CN(c2nnc(CN3CCCC3=O)n2CCc2ccn(C)n2)C[C@H]1C(F)(F)F. The summed E-state index contributed by atoms with van der Waals surface area (Å²) in [7, 11) is 1.83. The smallest absolute Gasteiger partial charge is 0.340 e. The van der Waals surface area contributed by atoms with E-state index in [0.717, 1.165) is 12.1 Å². The fourth-order valence-corrected chi connectivity index (χ4v) is 4.33. The van der Waals surface area contributed by atoms with Crippen molar-refractivity contribution in [2.45, 2.75) is 45.5 Å². The highest BCUT2D eigenvalue weighted by molar-refractivity contribution is 5.77. The molecule has 2 aliphatic rings. The average molecular weight is 425 g/mol. The van der Waals surface area contributed by atoms with E-state index in [4.69, 9.17) is 0 Å². The maximum absolute atomic E-state index is 13.4. The summed E-state index contributed by atoms with van der Waals surface area (Å²) >= 11 is 0. The van der Waals surface area contributed by atoms with E-state index in [9.17, 15) is 18.0 Å². The van der Waals surface area contributed by atoms with Gasteiger partial charge in [-0.2, -0.15) is 18.3 Å². The molecule has 2 aliphatic heterocycles. The van der Waals surface area contributed by atoms with Crippen LogP contribution < -0.4 is 4.90 Å². The molecular formula is C19H26F3N7O. The van der Waals surface area contributed by atoms with E-state index in [-0.39, 0.29) is 19.0 Å². The second-order valence-electron chi connectivity index (χ2n) is 8.25. The Morgan fingerprint density at radius 3 is 2.63 bits per heavy atom. The topological polar surface area (TPSA) is 72.1 Å². The zero-order valence-electron chi connectivity index (χ0n) is 17.1. The fraction of sp³-hybridized carbons (Fsp3) is 0.684. The van der Waals surface area contributed by atoms with Crippen molar-refractivity contribution in [3.05, 3.63) is 23.8 Å². The lowest BCUT2D eigenvalue weighted by Crippen LogP contribution is -2.30. The summed E-state index contributed by atoms with van der Waals surface area (Å²) in [5.74, 6) is -0.801. The van der Waals surface area contributed by atoms with Crippen molar-refractivity contribution in [2.24, 2.45) is 18.9 Å². The molecule has 0 unspecified atom stereocenters. The number of rotatable bonds is 6. The van der Waals surface area contributed by atoms with Crippen LogP contribution in [0.4, 0.5) is 19.1 Å². The van der Waals surface area contributed by atoms with Gasteiger partial charge in [-0.3, -0.25) is 14.0 Å². The van der Waals surface area contributed by atoms with E-state index in [1.54, 1.807) is 21.4 Å². The molecule has 4 heterocycles. The Bertz CT molecular complexity index is 906. The van der Waals surface area contributed by atoms with Crippen molar-refractivity contribution >= 4 is 11.9 Å². The molecule has 2 atom stereocenters. The predicted octanol–water partition coefficient (Wildman–Crippen LogP) is 2.01. The van der Waals surface area contributed by atoms with E-state index < -0.39 is 18.0 Å². The number of carbonyl (C=O) groups excluding carboxylic acids is 1. The maximum Gasteiger partial charge on any atom is 0.393 e. The molecule has 0 saturated carbocycles. The zero-order chi connectivity index (χ0) is 21.5. The number of hydrogen-bond acceptors (Lipinski definition) is 5. The van der Waals surface area contributed by atoms with Crippen LogP contribution in [0.25, 0.3) is 0 Å². The van der Waals surface area contributed by atoms with Gasteiger partial charge in [0.05, 0.1) is 18.2 Å². The highest BCUT2D eigenvalue weighted by atomic mass is 19.4. The third-order valence-electron chi connectivity index (χ3n) is 5.99. The molecule has 2 saturated heterocycles. The lowest BCUT2D eigenvalue weighted by Gasteiger charge is -2.21. The van der Waals surface area contributed by atoms with E-state index in [2.05, 4.69) is 15.3 Å². The van der Waals surface area contributed by atoms with Crippen LogP contribution in [0.15, 0.2) is 12.3 Å². The molecule has 30 heavy (non-hydrogen) atoms. The molecule has 2 aromatic heterocycles. The first-order valence-electron chi connectivity index (χ1n) is 10.2. The second kappa shape index (κ2) is 7.92. The Balaban J connectivity index is 1.58. The summed E-state index contributed by atoms with van der Waals surface area (Å²) in [5, 5.41) is 12.9. The first-order valence-corrected chi connectivity index (χ1v) is 10.2. The average Bonchev–Trinajstić information content (AvgIpc) is 3.42. The van der Waals surface area contributed by atoms with Gasteiger partial charge in [-0.05, 0) is 18.4 Å². The lowest BCUT2D eigenvalue weighted by atomic mass is 9.98. The van der Waals surface area contributed by atoms with Crippen LogP contribution in [-0.4, -0.2) is 61.2 Å². The largest absolute Gasteiger partial charge is 0.393 e. The molecule has 11 heteroatoms. The Hall–Kier alpha value is -2.59. The van der Waals surface area contributed by atoms with E-state index >= 15 is 0 Å². The summed E-state index contributed by atoms with van der Waals surface area (Å²) in [6, 6.07) is 1.91. The van der Waals surface area contributed by atoms with Crippen LogP contribution in [0.2, 0.25) is 0 Å². The normalized spacial score (nSPS) is 22.5. The molecule has 0 radical (unpaired) electrons. The van der Waals surface area contributed by atoms with Crippen molar-refractivity contribution in [3.63, 3.8) is 0 Å². The highest BCUT2D eigenvalue weighted by Gasteiger charge is 2.48. The molecule has 0 spiro atoms. The molecule has 0 aliphatic carbocycles. The Morgan fingerprint density at radius 2 is 2.03 bits per heavy atom. The number of alkyl halides is 3. The summed E-state index contributed by atoms with van der Waals surface area (Å²) in [6.45, 7) is 3.23. The number of likely N-dealkylation sites (tertiary alicyclic amines) is 1. The number of aryl methyl sites for hydroxylation is 2. The van der Waals surface area contributed by atoms with Crippen molar-refractivity contribution in [2.75, 3.05) is 24.5 Å². The molecule has 0 bridgehead atoms. The summed E-state index contributed by atoms with van der Waals surface area (Å²) in [6.07, 6.45) is -0.463. The van der Waals surface area contributed by atoms with Crippen LogP contribution in [0, 0.1) is 11.8 Å². The molecule has 1 amide bonds. The van der Waals surface area contributed by atoms with Gasteiger partial charge in [0.2, 0.25) is 11.9 Å². The van der Waals surface area contributed by atoms with Gasteiger partial charge in [0, 0.05) is 52.3 Å². The van der Waals surface area contributed by atoms with Gasteiger partial charge in [0.1, 0.15) is 0 Å². The number of aromatic nitrogens is 5. The Labute approximate surface area is 172 Å². The van der Waals surface area contributed by atoms with Crippen LogP contribution in [0.3, 0.4) is 0 Å². The van der Waals surface area contributed by atoms with Crippen molar-refractivity contribution in [1.82, 2.24) is 29.4 Å². The highest BCUT2D eigenvalue weighted by Crippen LogP contribution is 2.38. The monoisotopic (exact) mass is 425 g/mol. The van der Waals surface area contributed by atoms with Crippen molar-refractivity contribution < 1.29 is 18.0 Å². The number of carbonyl (C=O) groups is 1. The third kappa shape index (κ3) is 4.15. The van der Waals surface area contributed by atoms with Crippen molar-refractivity contribution in [3.8, 4) is 0 Å². The fourth-order valence-electron chi connectivity index (χ4n) is 4.33. The molecule has 164 valence electrons. The van der Waals surface area contributed by atoms with Crippen LogP contribution in [0.5, 0.6) is 0 Å². The van der Waals surface area contributed by atoms with Crippen LogP contribution in [-0.2, 0) is 31.4 Å². The molecule has 2 aromatic rings. The van der Waals surface area contributed by atoms with Gasteiger partial charge < -0.3 is 9.80 Å². The minimum atomic E-state index is -4.24. The van der Waals surface area contributed by atoms with Crippen molar-refractivity contribution in [1.29, 1.82) is 0 Å². The maximum atomic E-state index is 13.4. The van der Waals surface area contributed by atoms with E-state index in [0.29, 0.717) is 44.2 Å². The Kier molecular flexibility index (Phi) is 5.46. The van der Waals surface area contributed by atoms with Gasteiger partial charge in [-0.15, -0.1) is 10.2 Å². The summed E-state index contributed by atoms with van der Waals surface area (Å²) in [4.78, 5) is 15.5. The van der Waals surface area contributed by atoms with Gasteiger partial charge in [0.15, 0.2) is 5.82 Å². The molecule has 4 rings (SSSR count). The first-order chi connectivity index (χ1) is 14.2. The molecular weight excluding hydrogens is 399 g/mol. The van der Waals surface area contributed by atoms with Crippen LogP contribution >= 0.6 is 0 Å². The van der Waals surface area contributed by atoms with E-state index in [1.165, 1.54) is 0 Å². The number of anilines is 1. The lowest BCUT2D eigenvalue weighted by molar-refractivity contribution is -0.177. The second-order valence-corrected chi connectivity index (χ2v) is 8.25. The van der Waals surface area contributed by atoms with E-state index in [1.807, 2.05) is 23.9 Å². The van der Waals surface area contributed by atoms with Gasteiger partial charge in [0.25, 0.3) is 0 Å². The minimum absolute atomic E-state index is 0.0720. The van der Waals surface area contributed by atoms with Gasteiger partial charge in [-0.25, -0.2) is 0 Å². The number of hydrogen-bond donors (Lipinski definition) is 0. The van der Waals surface area contributed by atoms with Gasteiger partial charge in [-0.1, -0.05) is 6.92 Å². The summed E-state index contributed by atoms with van der Waals surface area (Å²) in [5.41, 5.74) is 0.878. The quantitative estimate of drug-likeness (QED) is 0.708. The van der Waals surface area contributed by atoms with Crippen LogP contribution in [0.1, 0.15) is 31.3 Å². The molecule has 0 aromatic carbocycles. The minimum Gasteiger partial charge on any atom is -0.340 e. The predicted molar refractivity (Wildman–Crippen MR) is 103 cm³/mol. The number of nitrogens with zero attached hydrogens (tertiary/aromatic N) is 7. The summed E-state index contributed by atoms with van der Waals surface area (Å²) < 4.78 is 43.7.